The van der Waals surface area contributed by atoms with Crippen LogP contribution in [0, 0.1) is 11.8 Å². The lowest BCUT2D eigenvalue weighted by atomic mass is 9.83. The number of carbonyl (C=O) groups is 2. The van der Waals surface area contributed by atoms with Gasteiger partial charge in [-0.1, -0.05) is 62.8 Å². The molecule has 4 N–H and O–H groups in total. The van der Waals surface area contributed by atoms with Crippen molar-refractivity contribution in [3.8, 4) is 0 Å². The van der Waals surface area contributed by atoms with E-state index >= 15 is 0 Å². The largest absolute Gasteiger partial charge is 0.481 e. The maximum atomic E-state index is 12.2. The van der Waals surface area contributed by atoms with Crippen LogP contribution in [-0.2, 0) is 18.9 Å². The van der Waals surface area contributed by atoms with Gasteiger partial charge in [-0.25, -0.2) is 9.97 Å². The number of fused-ring (bicyclic) bond motifs is 2. The molecule has 0 radical (unpaired) electrons. The lowest BCUT2D eigenvalue weighted by Gasteiger charge is -2.31. The Bertz CT molecular complexity index is 1890. The Labute approximate surface area is 293 Å². The van der Waals surface area contributed by atoms with Crippen LogP contribution in [0.5, 0.6) is 0 Å². The summed E-state index contributed by atoms with van der Waals surface area (Å²) in [5.74, 6) is 1.54. The number of aliphatic hydroxyl groups excluding tert-OH is 1. The maximum Gasteiger partial charge on any atom is 0.305 e. The molecule has 2 atom stereocenters. The number of anilines is 1. The van der Waals surface area contributed by atoms with Crippen molar-refractivity contribution in [1.29, 1.82) is 0 Å². The van der Waals surface area contributed by atoms with Gasteiger partial charge in [0.2, 0.25) is 0 Å². The Hall–Kier alpha value is -4.70. The quantitative estimate of drug-likeness (QED) is 0.119. The molecule has 3 aromatic carbocycles. The van der Waals surface area contributed by atoms with Crippen molar-refractivity contribution < 1.29 is 19.8 Å². The van der Waals surface area contributed by atoms with Gasteiger partial charge in [0.25, 0.3) is 5.91 Å². The number of hydrogen-bond donors (Lipinski definition) is 4. The van der Waals surface area contributed by atoms with E-state index in [1.807, 2.05) is 54.1 Å². The Morgan fingerprint density at radius 1 is 0.740 bits per heavy atom. The number of aryl methyl sites for hydroxylation is 2. The van der Waals surface area contributed by atoms with Crippen molar-refractivity contribution in [3.05, 3.63) is 90.0 Å². The third kappa shape index (κ3) is 8.18. The highest BCUT2D eigenvalue weighted by molar-refractivity contribution is 5.94. The normalized spacial score (nSPS) is 16.8. The summed E-state index contributed by atoms with van der Waals surface area (Å²) in [5, 5.41) is 25.6. The number of carboxylic acids is 1. The lowest BCUT2D eigenvalue weighted by Crippen LogP contribution is -2.26. The van der Waals surface area contributed by atoms with Crippen molar-refractivity contribution in [2.24, 2.45) is 25.9 Å². The summed E-state index contributed by atoms with van der Waals surface area (Å²) in [6.07, 6.45) is 11.7. The Balaban J connectivity index is 0.000000202. The minimum atomic E-state index is -0.930. The Kier molecular flexibility index (Phi) is 11.5. The van der Waals surface area contributed by atoms with E-state index in [-0.39, 0.29) is 24.9 Å². The SMILES string of the molecule is Cn1c(C(Nc2ccc(C(=O)NCCC(=O)O)cc2)C2CCCCC2)nc2ccccc21.Cn1c(C(O)C2CCCCC2)nc2ccccc21. The molecule has 1 amide bonds. The van der Waals surface area contributed by atoms with Crippen molar-refractivity contribution in [1.82, 2.24) is 24.4 Å². The van der Waals surface area contributed by atoms with Gasteiger partial charge in [0.05, 0.1) is 34.5 Å². The number of hydrogen-bond acceptors (Lipinski definition) is 6. The van der Waals surface area contributed by atoms with Gasteiger partial charge in [0.15, 0.2) is 0 Å². The molecule has 2 fully saturated rings. The number of amides is 1. The van der Waals surface area contributed by atoms with E-state index in [2.05, 4.69) is 45.4 Å². The lowest BCUT2D eigenvalue weighted by molar-refractivity contribution is -0.136. The fourth-order valence-electron chi connectivity index (χ4n) is 7.67. The van der Waals surface area contributed by atoms with Gasteiger partial charge in [0, 0.05) is 31.9 Å². The molecule has 2 aliphatic rings. The molecule has 10 heteroatoms. The molecule has 50 heavy (non-hydrogen) atoms. The van der Waals surface area contributed by atoms with Crippen molar-refractivity contribution in [3.63, 3.8) is 0 Å². The van der Waals surface area contributed by atoms with Gasteiger partial charge < -0.3 is 30.0 Å². The first kappa shape index (κ1) is 35.1. The summed E-state index contributed by atoms with van der Waals surface area (Å²) in [6.45, 7) is 0.116. The van der Waals surface area contributed by atoms with E-state index in [0.717, 1.165) is 52.2 Å². The molecule has 0 aliphatic heterocycles. The minimum absolute atomic E-state index is 0.0861. The molecular formula is C40H50N6O4. The van der Waals surface area contributed by atoms with Crippen LogP contribution in [0.2, 0.25) is 0 Å². The number of para-hydroxylation sites is 4. The summed E-state index contributed by atoms with van der Waals surface area (Å²) >= 11 is 0. The summed E-state index contributed by atoms with van der Waals surface area (Å²) in [4.78, 5) is 32.4. The van der Waals surface area contributed by atoms with Gasteiger partial charge in [0.1, 0.15) is 17.8 Å². The Morgan fingerprint density at radius 3 is 1.82 bits per heavy atom. The predicted molar refractivity (Wildman–Crippen MR) is 197 cm³/mol. The third-order valence-electron chi connectivity index (χ3n) is 10.5. The van der Waals surface area contributed by atoms with E-state index < -0.39 is 12.1 Å². The number of aromatic nitrogens is 4. The molecule has 2 saturated carbocycles. The van der Waals surface area contributed by atoms with Gasteiger partial charge in [-0.05, 0) is 86.1 Å². The number of rotatable bonds is 10. The average molecular weight is 679 g/mol. The number of aliphatic carboxylic acids is 1. The van der Waals surface area contributed by atoms with Crippen LogP contribution in [0.4, 0.5) is 5.69 Å². The second-order valence-corrected chi connectivity index (χ2v) is 13.9. The molecule has 5 aromatic rings. The van der Waals surface area contributed by atoms with E-state index in [1.165, 1.54) is 51.4 Å². The van der Waals surface area contributed by atoms with E-state index in [1.54, 1.807) is 12.1 Å². The standard InChI is InChI=1S/C25H30N4O3.C15H20N2O/c1-29-21-10-6-5-9-20(21)28-24(29)23(17-7-3-2-4-8-17)27-19-13-11-18(12-14-19)25(32)26-16-15-22(30)31;1-17-13-10-6-5-9-12(13)16-15(17)14(18)11-7-3-2-4-8-11/h5-6,9-14,17,23,27H,2-4,7-8,15-16H2,1H3,(H,26,32)(H,30,31);5-6,9-11,14,18H,2-4,7-8H2,1H3. The third-order valence-corrected chi connectivity index (χ3v) is 10.5. The van der Waals surface area contributed by atoms with E-state index in [4.69, 9.17) is 10.1 Å². The topological polar surface area (TPSA) is 134 Å². The zero-order valence-corrected chi connectivity index (χ0v) is 29.2. The molecule has 0 bridgehead atoms. The molecular weight excluding hydrogens is 628 g/mol. The van der Waals surface area contributed by atoms with Crippen LogP contribution in [-0.4, -0.2) is 47.7 Å². The van der Waals surface area contributed by atoms with Gasteiger partial charge in [-0.2, -0.15) is 0 Å². The highest BCUT2D eigenvalue weighted by Crippen LogP contribution is 2.38. The number of imidazole rings is 2. The van der Waals surface area contributed by atoms with Crippen molar-refractivity contribution in [2.75, 3.05) is 11.9 Å². The van der Waals surface area contributed by atoms with Gasteiger partial charge in [-0.3, -0.25) is 9.59 Å². The molecule has 7 rings (SSSR count). The molecule has 2 heterocycles. The molecule has 2 unspecified atom stereocenters. The number of carboxylic acid groups (broad SMARTS) is 1. The number of benzene rings is 3. The highest BCUT2D eigenvalue weighted by atomic mass is 16.4. The van der Waals surface area contributed by atoms with Crippen LogP contribution < -0.4 is 10.6 Å². The summed E-state index contributed by atoms with van der Waals surface area (Å²) in [7, 11) is 4.07. The number of carbonyl (C=O) groups excluding carboxylic acids is 1. The van der Waals surface area contributed by atoms with Crippen molar-refractivity contribution >= 4 is 39.6 Å². The Morgan fingerprint density at radius 2 is 1.26 bits per heavy atom. The van der Waals surface area contributed by atoms with E-state index in [9.17, 15) is 14.7 Å². The first-order chi connectivity index (χ1) is 24.3. The maximum absolute atomic E-state index is 12.2. The molecule has 264 valence electrons. The van der Waals surface area contributed by atoms with Crippen LogP contribution in [0.25, 0.3) is 22.1 Å². The smallest absolute Gasteiger partial charge is 0.305 e. The second kappa shape index (κ2) is 16.3. The summed E-state index contributed by atoms with van der Waals surface area (Å²) < 4.78 is 4.22. The fraction of sp³-hybridized carbons (Fsp3) is 0.450. The number of nitrogens with one attached hydrogen (secondary N) is 2. The predicted octanol–water partition coefficient (Wildman–Crippen LogP) is 7.70. The minimum Gasteiger partial charge on any atom is -0.481 e. The second-order valence-electron chi connectivity index (χ2n) is 13.9. The number of nitrogens with zero attached hydrogens (tertiary/aromatic N) is 4. The van der Waals surface area contributed by atoms with Crippen LogP contribution in [0.15, 0.2) is 72.8 Å². The monoisotopic (exact) mass is 678 g/mol. The summed E-state index contributed by atoms with van der Waals surface area (Å²) in [6, 6.07) is 23.7. The zero-order chi connectivity index (χ0) is 35.0. The molecule has 2 aromatic heterocycles. The molecule has 10 nitrogen and oxygen atoms in total. The zero-order valence-electron chi connectivity index (χ0n) is 29.2. The molecule has 0 spiro atoms. The fourth-order valence-corrected chi connectivity index (χ4v) is 7.67. The summed E-state index contributed by atoms with van der Waals surface area (Å²) in [5.41, 5.74) is 5.65. The molecule has 0 saturated heterocycles. The van der Waals surface area contributed by atoms with Crippen LogP contribution in [0.1, 0.15) is 105 Å². The van der Waals surface area contributed by atoms with Gasteiger partial charge in [-0.15, -0.1) is 0 Å². The average Bonchev–Trinajstić information content (AvgIpc) is 3.67. The van der Waals surface area contributed by atoms with E-state index in [0.29, 0.717) is 17.4 Å². The molecule has 2 aliphatic carbocycles. The highest BCUT2D eigenvalue weighted by Gasteiger charge is 2.29. The van der Waals surface area contributed by atoms with Crippen LogP contribution in [0.3, 0.4) is 0 Å². The first-order valence-corrected chi connectivity index (χ1v) is 18.2. The van der Waals surface area contributed by atoms with Crippen LogP contribution >= 0.6 is 0 Å². The first-order valence-electron chi connectivity index (χ1n) is 18.2. The van der Waals surface area contributed by atoms with Gasteiger partial charge >= 0.3 is 5.97 Å². The number of aliphatic hydroxyl groups is 1. The van der Waals surface area contributed by atoms with Crippen molar-refractivity contribution in [2.45, 2.75) is 82.8 Å².